The van der Waals surface area contributed by atoms with Crippen molar-refractivity contribution in [1.82, 2.24) is 0 Å². The molecule has 0 aliphatic heterocycles. The average molecular weight is 380 g/mol. The summed E-state index contributed by atoms with van der Waals surface area (Å²) in [5.41, 5.74) is 0. The molecule has 1 atom stereocenters. The molecule has 0 nitrogen and oxygen atoms in total. The zero-order valence-electron chi connectivity index (χ0n) is 19.5. The van der Waals surface area contributed by atoms with Crippen molar-refractivity contribution < 1.29 is 0 Å². The molecule has 0 rings (SSSR count). The molecule has 27 heavy (non-hydrogen) atoms. The Kier molecular flexibility index (Phi) is 24.0. The first-order valence-corrected chi connectivity index (χ1v) is 13.1. The van der Waals surface area contributed by atoms with Crippen LogP contribution in [0.1, 0.15) is 162 Å². The number of hydrogen-bond donors (Lipinski definition) is 0. The fraction of sp³-hybridized carbons (Fsp3) is 0.963. The van der Waals surface area contributed by atoms with Crippen molar-refractivity contribution in [2.75, 3.05) is 0 Å². The highest BCUT2D eigenvalue weighted by Gasteiger charge is 2.07. The maximum Gasteiger partial charge on any atom is -0.0414 e. The van der Waals surface area contributed by atoms with E-state index in [1.54, 1.807) is 0 Å². The standard InChI is InChI=1S/C27H55/c1-4-7-9-11-13-15-16-17-19-21-23-26-27(24-6-3)25-22-20-18-14-12-10-8-5-2/h27H,3-26H2,1-2H3. The van der Waals surface area contributed by atoms with Crippen LogP contribution in [-0.2, 0) is 0 Å². The maximum absolute atomic E-state index is 4.12. The molecule has 0 aromatic heterocycles. The van der Waals surface area contributed by atoms with Crippen LogP contribution in [0.2, 0.25) is 0 Å². The summed E-state index contributed by atoms with van der Waals surface area (Å²) in [5, 5.41) is 0. The number of hydrogen-bond acceptors (Lipinski definition) is 0. The first-order chi connectivity index (χ1) is 13.3. The summed E-state index contributed by atoms with van der Waals surface area (Å²) in [5.74, 6) is 0.973. The molecule has 0 N–H and O–H groups in total. The second kappa shape index (κ2) is 24.0. The number of rotatable bonds is 23. The van der Waals surface area contributed by atoms with Crippen molar-refractivity contribution in [2.45, 2.75) is 162 Å². The Morgan fingerprint density at radius 2 is 0.704 bits per heavy atom. The fourth-order valence-electron chi connectivity index (χ4n) is 4.39. The van der Waals surface area contributed by atoms with E-state index >= 15 is 0 Å². The fourth-order valence-corrected chi connectivity index (χ4v) is 4.39. The Labute approximate surface area is 174 Å². The van der Waals surface area contributed by atoms with Gasteiger partial charge in [0.05, 0.1) is 0 Å². The lowest BCUT2D eigenvalue weighted by molar-refractivity contribution is 0.381. The summed E-state index contributed by atoms with van der Waals surface area (Å²) in [4.78, 5) is 0. The van der Waals surface area contributed by atoms with Gasteiger partial charge in [-0.1, -0.05) is 168 Å². The van der Waals surface area contributed by atoms with Gasteiger partial charge in [-0.25, -0.2) is 0 Å². The van der Waals surface area contributed by atoms with Gasteiger partial charge in [0.1, 0.15) is 0 Å². The van der Waals surface area contributed by atoms with Crippen molar-refractivity contribution in [1.29, 1.82) is 0 Å². The third kappa shape index (κ3) is 22.2. The van der Waals surface area contributed by atoms with Gasteiger partial charge in [-0.3, -0.25) is 0 Å². The molecule has 1 radical (unpaired) electrons. The van der Waals surface area contributed by atoms with Gasteiger partial charge in [0.15, 0.2) is 0 Å². The van der Waals surface area contributed by atoms with E-state index in [1.165, 1.54) is 141 Å². The smallest absolute Gasteiger partial charge is 0.0414 e. The van der Waals surface area contributed by atoms with Crippen LogP contribution >= 0.6 is 0 Å². The van der Waals surface area contributed by atoms with Gasteiger partial charge in [0.2, 0.25) is 0 Å². The third-order valence-electron chi connectivity index (χ3n) is 6.29. The molecular weight excluding hydrogens is 324 g/mol. The van der Waals surface area contributed by atoms with E-state index in [0.717, 1.165) is 12.3 Å². The van der Waals surface area contributed by atoms with E-state index in [2.05, 4.69) is 20.8 Å². The van der Waals surface area contributed by atoms with Gasteiger partial charge in [-0.2, -0.15) is 0 Å². The van der Waals surface area contributed by atoms with Crippen molar-refractivity contribution in [3.63, 3.8) is 0 Å². The van der Waals surface area contributed by atoms with Crippen LogP contribution in [0.15, 0.2) is 0 Å². The molecule has 163 valence electrons. The quantitative estimate of drug-likeness (QED) is 0.155. The molecule has 0 amide bonds. The highest BCUT2D eigenvalue weighted by Crippen LogP contribution is 2.23. The number of unbranched alkanes of at least 4 members (excludes halogenated alkanes) is 17. The molecule has 0 aromatic rings. The lowest BCUT2D eigenvalue weighted by Crippen LogP contribution is -2.00. The normalized spacial score (nSPS) is 12.6. The lowest BCUT2D eigenvalue weighted by atomic mass is 9.90. The monoisotopic (exact) mass is 379 g/mol. The predicted octanol–water partition coefficient (Wildman–Crippen LogP) is 10.4. The summed E-state index contributed by atoms with van der Waals surface area (Å²) < 4.78 is 0. The first-order valence-electron chi connectivity index (χ1n) is 13.1. The van der Waals surface area contributed by atoms with Crippen molar-refractivity contribution in [3.8, 4) is 0 Å². The highest BCUT2D eigenvalue weighted by atomic mass is 14.1. The summed E-state index contributed by atoms with van der Waals surface area (Å²) in [6, 6.07) is 0. The van der Waals surface area contributed by atoms with Crippen molar-refractivity contribution in [3.05, 3.63) is 6.92 Å². The molecule has 0 saturated carbocycles. The van der Waals surface area contributed by atoms with E-state index in [9.17, 15) is 0 Å². The van der Waals surface area contributed by atoms with Crippen LogP contribution in [0.25, 0.3) is 0 Å². The highest BCUT2D eigenvalue weighted by molar-refractivity contribution is 4.62. The largest absolute Gasteiger partial charge is 0.0654 e. The molecule has 0 saturated heterocycles. The van der Waals surface area contributed by atoms with E-state index in [4.69, 9.17) is 0 Å². The first kappa shape index (κ1) is 27.0. The molecular formula is C27H55. The van der Waals surface area contributed by atoms with E-state index in [1.807, 2.05) is 0 Å². The third-order valence-corrected chi connectivity index (χ3v) is 6.29. The topological polar surface area (TPSA) is 0 Å². The summed E-state index contributed by atoms with van der Waals surface area (Å²) in [6.07, 6.45) is 33.1. The summed E-state index contributed by atoms with van der Waals surface area (Å²) >= 11 is 0. The molecule has 0 bridgehead atoms. The van der Waals surface area contributed by atoms with Crippen molar-refractivity contribution >= 4 is 0 Å². The minimum atomic E-state index is 0.973. The molecule has 0 fully saturated rings. The molecule has 0 heterocycles. The molecule has 1 unspecified atom stereocenters. The molecule has 0 heteroatoms. The van der Waals surface area contributed by atoms with Gasteiger partial charge in [0.25, 0.3) is 0 Å². The molecule has 0 aromatic carbocycles. The minimum absolute atomic E-state index is 0.973. The van der Waals surface area contributed by atoms with Gasteiger partial charge in [-0.05, 0) is 5.92 Å². The maximum atomic E-state index is 4.12. The van der Waals surface area contributed by atoms with Gasteiger partial charge in [-0.15, -0.1) is 0 Å². The Morgan fingerprint density at radius 3 is 1.00 bits per heavy atom. The molecule has 0 aliphatic carbocycles. The Hall–Kier alpha value is 0. The Balaban J connectivity index is 3.40. The van der Waals surface area contributed by atoms with Crippen LogP contribution in [0.5, 0.6) is 0 Å². The van der Waals surface area contributed by atoms with Gasteiger partial charge in [0, 0.05) is 0 Å². The van der Waals surface area contributed by atoms with E-state index < -0.39 is 0 Å². The zero-order chi connectivity index (χ0) is 19.8. The second-order valence-corrected chi connectivity index (χ2v) is 9.10. The van der Waals surface area contributed by atoms with Crippen LogP contribution in [0.4, 0.5) is 0 Å². The SMILES string of the molecule is [CH2]CCC(CCCCCCCCCC)CCCCCCCCCCCCC. The van der Waals surface area contributed by atoms with E-state index in [0.29, 0.717) is 0 Å². The van der Waals surface area contributed by atoms with Crippen LogP contribution < -0.4 is 0 Å². The van der Waals surface area contributed by atoms with Crippen molar-refractivity contribution in [2.24, 2.45) is 5.92 Å². The summed E-state index contributed by atoms with van der Waals surface area (Å²) in [6.45, 7) is 8.72. The predicted molar refractivity (Wildman–Crippen MR) is 126 cm³/mol. The Bertz CT molecular complexity index is 244. The van der Waals surface area contributed by atoms with Gasteiger partial charge < -0.3 is 0 Å². The average Bonchev–Trinajstić information content (AvgIpc) is 2.68. The summed E-state index contributed by atoms with van der Waals surface area (Å²) in [7, 11) is 0. The molecule has 0 aliphatic rings. The van der Waals surface area contributed by atoms with Gasteiger partial charge >= 0.3 is 0 Å². The Morgan fingerprint density at radius 1 is 0.407 bits per heavy atom. The van der Waals surface area contributed by atoms with Crippen LogP contribution in [0, 0.1) is 12.8 Å². The van der Waals surface area contributed by atoms with Crippen LogP contribution in [0.3, 0.4) is 0 Å². The zero-order valence-corrected chi connectivity index (χ0v) is 19.5. The minimum Gasteiger partial charge on any atom is -0.0654 e. The molecule has 0 spiro atoms. The van der Waals surface area contributed by atoms with E-state index in [-0.39, 0.29) is 0 Å². The second-order valence-electron chi connectivity index (χ2n) is 9.10. The van der Waals surface area contributed by atoms with Crippen LogP contribution in [-0.4, -0.2) is 0 Å². The lowest BCUT2D eigenvalue weighted by Gasteiger charge is -2.16.